The molecular formula is C11H17NO4S2. The molecule has 0 saturated carbocycles. The highest BCUT2D eigenvalue weighted by molar-refractivity contribution is 7.99. The van der Waals surface area contributed by atoms with Crippen molar-refractivity contribution in [1.82, 2.24) is 0 Å². The maximum Gasteiger partial charge on any atom is 0.238 e. The molecule has 0 aromatic heterocycles. The summed E-state index contributed by atoms with van der Waals surface area (Å²) in [6, 6.07) is 5.96. The van der Waals surface area contributed by atoms with Gasteiger partial charge in [-0.1, -0.05) is 6.92 Å². The van der Waals surface area contributed by atoms with E-state index in [-0.39, 0.29) is 16.8 Å². The normalized spacial score (nSPS) is 13.3. The Morgan fingerprint density at radius 2 is 2.00 bits per heavy atom. The van der Waals surface area contributed by atoms with Gasteiger partial charge in [-0.2, -0.15) is 11.8 Å². The minimum atomic E-state index is -3.65. The predicted molar refractivity (Wildman–Crippen MR) is 72.3 cm³/mol. The fourth-order valence-electron chi connectivity index (χ4n) is 1.19. The van der Waals surface area contributed by atoms with Crippen molar-refractivity contribution in [1.29, 1.82) is 0 Å². The lowest BCUT2D eigenvalue weighted by atomic mass is 10.3. The van der Waals surface area contributed by atoms with Gasteiger partial charge in [-0.05, 0) is 24.3 Å². The average molecular weight is 291 g/mol. The zero-order valence-electron chi connectivity index (χ0n) is 10.1. The van der Waals surface area contributed by atoms with E-state index in [0.717, 1.165) is 5.75 Å². The van der Waals surface area contributed by atoms with E-state index >= 15 is 0 Å². The van der Waals surface area contributed by atoms with Gasteiger partial charge < -0.3 is 9.84 Å². The molecule has 0 saturated heterocycles. The largest absolute Gasteiger partial charge is 0.493 e. The molecule has 0 radical (unpaired) electrons. The van der Waals surface area contributed by atoms with Gasteiger partial charge in [0.1, 0.15) is 5.75 Å². The Morgan fingerprint density at radius 3 is 2.50 bits per heavy atom. The van der Waals surface area contributed by atoms with Gasteiger partial charge in [-0.25, -0.2) is 13.6 Å². The van der Waals surface area contributed by atoms with Crippen molar-refractivity contribution in [3.05, 3.63) is 24.3 Å². The predicted octanol–water partition coefficient (Wildman–Crippen LogP) is 0.827. The molecule has 0 fully saturated rings. The van der Waals surface area contributed by atoms with Gasteiger partial charge in [0.2, 0.25) is 10.0 Å². The number of sulfonamides is 1. The molecule has 5 nitrogen and oxygen atoms in total. The molecule has 0 aliphatic carbocycles. The van der Waals surface area contributed by atoms with Crippen molar-refractivity contribution in [2.24, 2.45) is 5.14 Å². The number of hydrogen-bond acceptors (Lipinski definition) is 5. The zero-order valence-corrected chi connectivity index (χ0v) is 11.7. The Labute approximate surface area is 111 Å². The first-order valence-electron chi connectivity index (χ1n) is 5.41. The van der Waals surface area contributed by atoms with Crippen molar-refractivity contribution in [2.75, 3.05) is 19.0 Å². The number of benzene rings is 1. The Bertz CT molecular complexity index is 458. The van der Waals surface area contributed by atoms with E-state index in [1.807, 2.05) is 6.92 Å². The van der Waals surface area contributed by atoms with Crippen molar-refractivity contribution in [3.8, 4) is 5.75 Å². The van der Waals surface area contributed by atoms with Crippen LogP contribution in [0.1, 0.15) is 6.92 Å². The highest BCUT2D eigenvalue weighted by atomic mass is 32.2. The third-order valence-electron chi connectivity index (χ3n) is 2.16. The first-order chi connectivity index (χ1) is 8.43. The Morgan fingerprint density at radius 1 is 1.39 bits per heavy atom. The maximum atomic E-state index is 11.0. The van der Waals surface area contributed by atoms with Crippen LogP contribution in [-0.2, 0) is 10.0 Å². The van der Waals surface area contributed by atoms with E-state index in [9.17, 15) is 8.42 Å². The second-order valence-corrected chi connectivity index (χ2v) is 6.84. The van der Waals surface area contributed by atoms with Gasteiger partial charge >= 0.3 is 0 Å². The van der Waals surface area contributed by atoms with Crippen LogP contribution in [0.4, 0.5) is 0 Å². The van der Waals surface area contributed by atoms with Crippen LogP contribution in [0.3, 0.4) is 0 Å². The van der Waals surface area contributed by atoms with Crippen LogP contribution >= 0.6 is 11.8 Å². The molecule has 1 aromatic rings. The second-order valence-electron chi connectivity index (χ2n) is 3.73. The quantitative estimate of drug-likeness (QED) is 0.726. The number of aliphatic hydroxyl groups is 1. The standard InChI is InChI=1S/C11H17NO4S2/c1-9(8-13)17-7-6-16-10-2-4-11(5-3-10)18(12,14)15/h2-5,9,13H,6-8H2,1H3,(H2,12,14,15). The topological polar surface area (TPSA) is 89.6 Å². The monoisotopic (exact) mass is 291 g/mol. The number of nitrogens with two attached hydrogens (primary N) is 1. The minimum absolute atomic E-state index is 0.0677. The number of hydrogen-bond donors (Lipinski definition) is 2. The number of primary sulfonamides is 1. The van der Waals surface area contributed by atoms with Crippen LogP contribution in [0.5, 0.6) is 5.75 Å². The van der Waals surface area contributed by atoms with Gasteiger partial charge in [0.15, 0.2) is 0 Å². The Kier molecular flexibility index (Phi) is 5.94. The lowest BCUT2D eigenvalue weighted by Gasteiger charge is -2.09. The summed E-state index contributed by atoms with van der Waals surface area (Å²) in [6.45, 7) is 2.59. The van der Waals surface area contributed by atoms with Crippen LogP contribution in [0, 0.1) is 0 Å². The van der Waals surface area contributed by atoms with Crippen molar-refractivity contribution < 1.29 is 18.3 Å². The van der Waals surface area contributed by atoms with Crippen molar-refractivity contribution >= 4 is 21.8 Å². The van der Waals surface area contributed by atoms with Gasteiger partial charge in [-0.15, -0.1) is 0 Å². The Balaban J connectivity index is 2.40. The van der Waals surface area contributed by atoms with Crippen molar-refractivity contribution in [2.45, 2.75) is 17.1 Å². The van der Waals surface area contributed by atoms with Gasteiger partial charge in [0.25, 0.3) is 0 Å². The molecule has 0 bridgehead atoms. The van der Waals surface area contributed by atoms with Crippen molar-refractivity contribution in [3.63, 3.8) is 0 Å². The van der Waals surface area contributed by atoms with Gasteiger partial charge in [0.05, 0.1) is 18.1 Å². The summed E-state index contributed by atoms with van der Waals surface area (Å²) in [7, 11) is -3.65. The molecule has 3 N–H and O–H groups in total. The summed E-state index contributed by atoms with van der Waals surface area (Å²) in [5, 5.41) is 14.0. The first-order valence-corrected chi connectivity index (χ1v) is 8.01. The number of rotatable bonds is 7. The van der Waals surface area contributed by atoms with Gasteiger partial charge in [-0.3, -0.25) is 0 Å². The van der Waals surface area contributed by atoms with Crippen LogP contribution in [0.15, 0.2) is 29.2 Å². The number of thioether (sulfide) groups is 1. The van der Waals surface area contributed by atoms with Crippen LogP contribution in [0.25, 0.3) is 0 Å². The third-order valence-corrected chi connectivity index (χ3v) is 4.21. The van der Waals surface area contributed by atoms with Crippen LogP contribution in [-0.4, -0.2) is 37.7 Å². The summed E-state index contributed by atoms with van der Waals surface area (Å²) >= 11 is 1.61. The summed E-state index contributed by atoms with van der Waals surface area (Å²) in [6.07, 6.45) is 0. The maximum absolute atomic E-state index is 11.0. The van der Waals surface area contributed by atoms with E-state index in [1.54, 1.807) is 23.9 Å². The second kappa shape index (κ2) is 6.98. The van der Waals surface area contributed by atoms with E-state index in [0.29, 0.717) is 12.4 Å². The smallest absolute Gasteiger partial charge is 0.238 e. The fourth-order valence-corrected chi connectivity index (χ4v) is 2.39. The Hall–Kier alpha value is -0.760. The number of ether oxygens (including phenoxy) is 1. The molecule has 1 rings (SSSR count). The zero-order chi connectivity index (χ0) is 13.6. The number of aliphatic hydroxyl groups excluding tert-OH is 1. The third kappa shape index (κ3) is 5.26. The van der Waals surface area contributed by atoms with E-state index in [2.05, 4.69) is 0 Å². The average Bonchev–Trinajstić information content (AvgIpc) is 2.33. The summed E-state index contributed by atoms with van der Waals surface area (Å²) in [5.41, 5.74) is 0. The van der Waals surface area contributed by atoms with Crippen LogP contribution in [0.2, 0.25) is 0 Å². The highest BCUT2D eigenvalue weighted by Gasteiger charge is 2.07. The molecule has 1 unspecified atom stereocenters. The highest BCUT2D eigenvalue weighted by Crippen LogP contribution is 2.16. The summed E-state index contributed by atoms with van der Waals surface area (Å²) < 4.78 is 27.5. The molecule has 1 atom stereocenters. The molecule has 0 heterocycles. The molecule has 0 aliphatic heterocycles. The minimum Gasteiger partial charge on any atom is -0.493 e. The molecule has 1 aromatic carbocycles. The molecule has 18 heavy (non-hydrogen) atoms. The molecular weight excluding hydrogens is 274 g/mol. The van der Waals surface area contributed by atoms with E-state index in [4.69, 9.17) is 15.0 Å². The molecule has 102 valence electrons. The molecule has 0 amide bonds. The summed E-state index contributed by atoms with van der Waals surface area (Å²) in [4.78, 5) is 0.0677. The molecule has 0 aliphatic rings. The van der Waals surface area contributed by atoms with Gasteiger partial charge in [0, 0.05) is 11.0 Å². The van der Waals surface area contributed by atoms with Crippen LogP contribution < -0.4 is 9.88 Å². The SMILES string of the molecule is CC(CO)SCCOc1ccc(S(N)(=O)=O)cc1. The lowest BCUT2D eigenvalue weighted by molar-refractivity contribution is 0.299. The first kappa shape index (κ1) is 15.3. The fraction of sp³-hybridized carbons (Fsp3) is 0.455. The van der Waals surface area contributed by atoms with E-state index < -0.39 is 10.0 Å². The van der Waals surface area contributed by atoms with E-state index in [1.165, 1.54) is 12.1 Å². The lowest BCUT2D eigenvalue weighted by Crippen LogP contribution is -2.12. The molecule has 0 spiro atoms. The molecule has 7 heteroatoms. The summed E-state index contributed by atoms with van der Waals surface area (Å²) in [5.74, 6) is 1.36.